The van der Waals surface area contributed by atoms with E-state index in [0.29, 0.717) is 5.92 Å². The third-order valence-electron chi connectivity index (χ3n) is 1.24. The molecule has 0 spiro atoms. The molecule has 0 nitrogen and oxygen atoms in total. The summed E-state index contributed by atoms with van der Waals surface area (Å²) >= 11 is 0. The molecule has 78 valence electrons. The van der Waals surface area contributed by atoms with Gasteiger partial charge in [-0.1, -0.05) is 66.5 Å². The minimum atomic E-state index is 0. The Bertz CT molecular complexity index is 138. The predicted octanol–water partition coefficient (Wildman–Crippen LogP) is 4.99. The normalized spacial score (nSPS) is 9.46. The molecule has 0 radical (unpaired) electrons. The Morgan fingerprint density at radius 1 is 1.23 bits per heavy atom. The molecule has 0 aromatic rings. The molecule has 0 rings (SSSR count). The van der Waals surface area contributed by atoms with Crippen LogP contribution in [0.2, 0.25) is 0 Å². The quantitative estimate of drug-likeness (QED) is 0.537. The van der Waals surface area contributed by atoms with Crippen molar-refractivity contribution in [1.29, 1.82) is 0 Å². The Morgan fingerprint density at radius 3 is 1.92 bits per heavy atom. The van der Waals surface area contributed by atoms with Gasteiger partial charge in [-0.2, -0.15) is 0 Å². The van der Waals surface area contributed by atoms with E-state index < -0.39 is 0 Å². The van der Waals surface area contributed by atoms with Gasteiger partial charge >= 0.3 is 0 Å². The second-order valence-electron chi connectivity index (χ2n) is 2.78. The average molecular weight is 182 g/mol. The molecule has 0 unspecified atom stereocenters. The zero-order valence-electron chi connectivity index (χ0n) is 8.93. The lowest BCUT2D eigenvalue weighted by atomic mass is 10.0. The van der Waals surface area contributed by atoms with E-state index in [4.69, 9.17) is 0 Å². The molecule has 0 bridgehead atoms. The van der Waals surface area contributed by atoms with Crippen LogP contribution in [0.25, 0.3) is 0 Å². The molecule has 0 saturated carbocycles. The van der Waals surface area contributed by atoms with E-state index in [-0.39, 0.29) is 7.43 Å². The Morgan fingerprint density at radius 2 is 1.69 bits per heavy atom. The molecule has 0 amide bonds. The zero-order valence-corrected chi connectivity index (χ0v) is 8.93. The van der Waals surface area contributed by atoms with E-state index in [1.807, 2.05) is 26.0 Å². The molecular weight excluding hydrogens is 156 g/mol. The van der Waals surface area contributed by atoms with Crippen molar-refractivity contribution in [3.63, 3.8) is 0 Å². The van der Waals surface area contributed by atoms with Crippen molar-refractivity contribution >= 4 is 0 Å². The van der Waals surface area contributed by atoms with Gasteiger partial charge in [0, 0.05) is 0 Å². The van der Waals surface area contributed by atoms with Crippen LogP contribution in [0.1, 0.15) is 41.5 Å². The summed E-state index contributed by atoms with van der Waals surface area (Å²) in [6, 6.07) is 0. The first-order valence-corrected chi connectivity index (χ1v) is 4.64. The number of hydrogen-bond acceptors (Lipinski definition) is 0. The highest BCUT2D eigenvalue weighted by Gasteiger charge is 1.94. The lowest BCUT2D eigenvalue weighted by molar-refractivity contribution is 0.650. The van der Waals surface area contributed by atoms with Crippen LogP contribution in [0, 0.1) is 5.92 Å². The number of rotatable bonds is 4. The summed E-state index contributed by atoms with van der Waals surface area (Å²) in [6.07, 6.45) is 6.80. The lowest BCUT2D eigenvalue weighted by Gasteiger charge is -2.03. The maximum Gasteiger partial charge on any atom is -0.0256 e. The van der Waals surface area contributed by atoms with Gasteiger partial charge in [0.25, 0.3) is 0 Å². The van der Waals surface area contributed by atoms with Crippen LogP contribution in [0.4, 0.5) is 0 Å². The van der Waals surface area contributed by atoms with Gasteiger partial charge in [0.2, 0.25) is 0 Å². The largest absolute Gasteiger partial charge is 0.0991 e. The van der Waals surface area contributed by atoms with Crippen LogP contribution in [0.3, 0.4) is 0 Å². The second-order valence-corrected chi connectivity index (χ2v) is 2.78. The molecule has 0 heteroatoms. The van der Waals surface area contributed by atoms with E-state index in [2.05, 4.69) is 27.0 Å². The summed E-state index contributed by atoms with van der Waals surface area (Å²) in [6.45, 7) is 15.7. The molecule has 0 heterocycles. The van der Waals surface area contributed by atoms with Crippen LogP contribution in [0.5, 0.6) is 0 Å². The Hall–Kier alpha value is -0.780. The smallest absolute Gasteiger partial charge is 0.0256 e. The molecule has 0 aliphatic rings. The fourth-order valence-electron chi connectivity index (χ4n) is 0.842. The monoisotopic (exact) mass is 182 g/mol. The SMILES string of the molecule is C.C=C/C=C(\C=C)CC(C)C.CC. The first-order chi connectivity index (χ1) is 5.70. The van der Waals surface area contributed by atoms with Crippen molar-refractivity contribution in [3.05, 3.63) is 37.0 Å². The van der Waals surface area contributed by atoms with Gasteiger partial charge in [0.15, 0.2) is 0 Å². The molecule has 0 aliphatic heterocycles. The van der Waals surface area contributed by atoms with Gasteiger partial charge in [0.05, 0.1) is 0 Å². The summed E-state index contributed by atoms with van der Waals surface area (Å²) in [5, 5.41) is 0. The molecule has 0 aliphatic carbocycles. The average Bonchev–Trinajstić information content (AvgIpc) is 2.07. The lowest BCUT2D eigenvalue weighted by Crippen LogP contribution is -1.87. The van der Waals surface area contributed by atoms with E-state index in [1.54, 1.807) is 6.08 Å². The first-order valence-electron chi connectivity index (χ1n) is 4.64. The van der Waals surface area contributed by atoms with E-state index in [9.17, 15) is 0 Å². The third kappa shape index (κ3) is 14.1. The van der Waals surface area contributed by atoms with Gasteiger partial charge < -0.3 is 0 Å². The number of allylic oxidation sites excluding steroid dienone is 4. The van der Waals surface area contributed by atoms with E-state index in [1.165, 1.54) is 5.57 Å². The maximum absolute atomic E-state index is 3.72. The molecule has 0 saturated heterocycles. The Kier molecular flexibility index (Phi) is 19.2. The molecular formula is C13H26. The van der Waals surface area contributed by atoms with Crippen LogP contribution in [-0.2, 0) is 0 Å². The highest BCUT2D eigenvalue weighted by Crippen LogP contribution is 2.10. The maximum atomic E-state index is 3.72. The Labute approximate surface area is 85.1 Å². The fourth-order valence-corrected chi connectivity index (χ4v) is 0.842. The molecule has 0 aromatic heterocycles. The number of hydrogen-bond donors (Lipinski definition) is 0. The van der Waals surface area contributed by atoms with Crippen molar-refractivity contribution in [2.45, 2.75) is 41.5 Å². The molecule has 0 aromatic carbocycles. The topological polar surface area (TPSA) is 0 Å². The molecule has 0 atom stereocenters. The van der Waals surface area contributed by atoms with Crippen LogP contribution < -0.4 is 0 Å². The molecule has 0 N–H and O–H groups in total. The van der Waals surface area contributed by atoms with Crippen molar-refractivity contribution < 1.29 is 0 Å². The minimum absolute atomic E-state index is 0. The van der Waals surface area contributed by atoms with Crippen LogP contribution in [-0.4, -0.2) is 0 Å². The van der Waals surface area contributed by atoms with Crippen molar-refractivity contribution in [3.8, 4) is 0 Å². The van der Waals surface area contributed by atoms with Gasteiger partial charge in [-0.25, -0.2) is 0 Å². The third-order valence-corrected chi connectivity index (χ3v) is 1.24. The second kappa shape index (κ2) is 13.8. The van der Waals surface area contributed by atoms with Crippen molar-refractivity contribution in [1.82, 2.24) is 0 Å². The summed E-state index contributed by atoms with van der Waals surface area (Å²) < 4.78 is 0. The van der Waals surface area contributed by atoms with Gasteiger partial charge in [-0.3, -0.25) is 0 Å². The first kappa shape index (κ1) is 18.1. The van der Waals surface area contributed by atoms with Gasteiger partial charge in [-0.05, 0) is 17.9 Å². The zero-order chi connectivity index (χ0) is 9.98. The summed E-state index contributed by atoms with van der Waals surface area (Å²) in [4.78, 5) is 0. The molecule has 13 heavy (non-hydrogen) atoms. The Balaban J connectivity index is -0.000000309. The predicted molar refractivity (Wildman–Crippen MR) is 66.0 cm³/mol. The molecule has 0 fully saturated rings. The van der Waals surface area contributed by atoms with Crippen molar-refractivity contribution in [2.24, 2.45) is 5.92 Å². The highest BCUT2D eigenvalue weighted by molar-refractivity contribution is 5.20. The van der Waals surface area contributed by atoms with Gasteiger partial charge in [-0.15, -0.1) is 0 Å². The summed E-state index contributed by atoms with van der Waals surface area (Å²) in [5.41, 5.74) is 1.27. The van der Waals surface area contributed by atoms with Crippen LogP contribution in [0.15, 0.2) is 37.0 Å². The summed E-state index contributed by atoms with van der Waals surface area (Å²) in [5.74, 6) is 0.698. The van der Waals surface area contributed by atoms with Gasteiger partial charge in [0.1, 0.15) is 0 Å². The standard InChI is InChI=1S/C10H16.C2H6.CH4/c1-5-7-10(6-2)8-9(3)4;1-2;/h5-7,9H,1-2,8H2,3-4H3;1-2H3;1H4/b10-7+;;. The van der Waals surface area contributed by atoms with Crippen molar-refractivity contribution in [2.75, 3.05) is 0 Å². The minimum Gasteiger partial charge on any atom is -0.0991 e. The van der Waals surface area contributed by atoms with E-state index >= 15 is 0 Å². The summed E-state index contributed by atoms with van der Waals surface area (Å²) in [7, 11) is 0. The van der Waals surface area contributed by atoms with E-state index in [0.717, 1.165) is 6.42 Å². The highest BCUT2D eigenvalue weighted by atomic mass is 14.0. The fraction of sp³-hybridized carbons (Fsp3) is 0.538. The van der Waals surface area contributed by atoms with Crippen LogP contribution >= 0.6 is 0 Å².